The van der Waals surface area contributed by atoms with Crippen molar-refractivity contribution < 1.29 is 4.74 Å². The number of benzene rings is 1. The second-order valence-electron chi connectivity index (χ2n) is 4.14. The molecule has 1 aromatic carbocycles. The molecule has 0 aliphatic rings. The number of hydrogen-bond donors (Lipinski definition) is 0. The Bertz CT molecular complexity index is 698. The third-order valence-electron chi connectivity index (χ3n) is 2.69. The van der Waals surface area contributed by atoms with Crippen LogP contribution < -0.4 is 16.0 Å². The Morgan fingerprint density at radius 2 is 1.78 bits per heavy atom. The van der Waals surface area contributed by atoms with Gasteiger partial charge in [0.2, 0.25) is 5.88 Å². The minimum atomic E-state index is -0.412. The highest BCUT2D eigenvalue weighted by molar-refractivity contribution is 5.30. The lowest BCUT2D eigenvalue weighted by Crippen LogP contribution is -2.36. The van der Waals surface area contributed by atoms with Gasteiger partial charge < -0.3 is 4.74 Å². The summed E-state index contributed by atoms with van der Waals surface area (Å²) in [5.41, 5.74) is 0.243. The van der Waals surface area contributed by atoms with Gasteiger partial charge in [0.25, 0.3) is 5.56 Å². The van der Waals surface area contributed by atoms with Crippen molar-refractivity contribution in [2.45, 2.75) is 6.92 Å². The van der Waals surface area contributed by atoms with Gasteiger partial charge in [0.05, 0.1) is 6.07 Å². The third-order valence-corrected chi connectivity index (χ3v) is 2.69. The Balaban J connectivity index is 2.48. The van der Waals surface area contributed by atoms with E-state index in [1.807, 2.05) is 25.1 Å². The zero-order valence-electron chi connectivity index (χ0n) is 10.5. The Hall–Kier alpha value is -2.30. The maximum Gasteiger partial charge on any atom is 0.333 e. The van der Waals surface area contributed by atoms with Crippen LogP contribution in [0.4, 0.5) is 0 Å². The molecule has 2 rings (SSSR count). The summed E-state index contributed by atoms with van der Waals surface area (Å²) >= 11 is 0. The van der Waals surface area contributed by atoms with Crippen LogP contribution in [0.2, 0.25) is 0 Å². The Morgan fingerprint density at radius 3 is 2.44 bits per heavy atom. The largest absolute Gasteiger partial charge is 0.440 e. The standard InChI is InChI=1S/C13H14N2O3/c1-9-5-4-6-10(7-9)18-12-8-11(16)14(2)13(17)15(12)3/h4-8H,1-3H3. The number of nitrogens with zero attached hydrogens (tertiary/aromatic N) is 2. The molecule has 0 N–H and O–H groups in total. The van der Waals surface area contributed by atoms with Gasteiger partial charge in [-0.25, -0.2) is 4.79 Å². The molecule has 5 nitrogen and oxygen atoms in total. The van der Waals surface area contributed by atoms with Gasteiger partial charge in [0, 0.05) is 14.1 Å². The van der Waals surface area contributed by atoms with Gasteiger partial charge in [-0.2, -0.15) is 0 Å². The predicted octanol–water partition coefficient (Wildman–Crippen LogP) is 1.18. The number of ether oxygens (including phenoxy) is 1. The topological polar surface area (TPSA) is 53.2 Å². The van der Waals surface area contributed by atoms with E-state index in [1.165, 1.54) is 17.7 Å². The molecule has 2 aromatic rings. The molecule has 18 heavy (non-hydrogen) atoms. The molecule has 0 bridgehead atoms. The van der Waals surface area contributed by atoms with Crippen molar-refractivity contribution in [1.82, 2.24) is 9.13 Å². The molecule has 0 amide bonds. The van der Waals surface area contributed by atoms with Crippen LogP contribution in [0.1, 0.15) is 5.56 Å². The summed E-state index contributed by atoms with van der Waals surface area (Å²) in [6.07, 6.45) is 0. The summed E-state index contributed by atoms with van der Waals surface area (Å²) in [4.78, 5) is 23.3. The lowest BCUT2D eigenvalue weighted by Gasteiger charge is -2.10. The fourth-order valence-corrected chi connectivity index (χ4v) is 1.61. The van der Waals surface area contributed by atoms with Crippen LogP contribution in [0, 0.1) is 6.92 Å². The molecule has 5 heteroatoms. The fourth-order valence-electron chi connectivity index (χ4n) is 1.61. The molecule has 0 unspecified atom stereocenters. The summed E-state index contributed by atoms with van der Waals surface area (Å²) in [5.74, 6) is 0.826. The minimum Gasteiger partial charge on any atom is -0.440 e. The van der Waals surface area contributed by atoms with E-state index >= 15 is 0 Å². The molecule has 94 valence electrons. The van der Waals surface area contributed by atoms with Gasteiger partial charge in [-0.15, -0.1) is 0 Å². The van der Waals surface area contributed by atoms with E-state index in [-0.39, 0.29) is 11.4 Å². The van der Waals surface area contributed by atoms with E-state index < -0.39 is 5.69 Å². The van der Waals surface area contributed by atoms with Gasteiger partial charge in [0.1, 0.15) is 5.75 Å². The summed E-state index contributed by atoms with van der Waals surface area (Å²) in [6.45, 7) is 1.94. The zero-order valence-corrected chi connectivity index (χ0v) is 10.5. The first-order valence-electron chi connectivity index (χ1n) is 5.50. The molecular formula is C13H14N2O3. The van der Waals surface area contributed by atoms with Crippen molar-refractivity contribution in [3.05, 3.63) is 56.7 Å². The number of hydrogen-bond acceptors (Lipinski definition) is 3. The van der Waals surface area contributed by atoms with E-state index in [1.54, 1.807) is 13.1 Å². The average Bonchev–Trinajstić information content (AvgIpc) is 2.33. The lowest BCUT2D eigenvalue weighted by atomic mass is 10.2. The molecule has 0 spiro atoms. The molecule has 0 aliphatic heterocycles. The van der Waals surface area contributed by atoms with Gasteiger partial charge in [0.15, 0.2) is 0 Å². The Labute approximate surface area is 104 Å². The monoisotopic (exact) mass is 246 g/mol. The first-order valence-corrected chi connectivity index (χ1v) is 5.50. The zero-order chi connectivity index (χ0) is 13.3. The second kappa shape index (κ2) is 4.52. The maximum atomic E-state index is 11.7. The van der Waals surface area contributed by atoms with Crippen LogP contribution in [0.25, 0.3) is 0 Å². The highest BCUT2D eigenvalue weighted by Crippen LogP contribution is 2.19. The molecule has 0 aliphatic carbocycles. The Kier molecular flexibility index (Phi) is 3.06. The summed E-state index contributed by atoms with van der Waals surface area (Å²) in [5, 5.41) is 0. The summed E-state index contributed by atoms with van der Waals surface area (Å²) in [6, 6.07) is 8.69. The van der Waals surface area contributed by atoms with E-state index in [4.69, 9.17) is 4.74 Å². The van der Waals surface area contributed by atoms with Crippen LogP contribution >= 0.6 is 0 Å². The van der Waals surface area contributed by atoms with Gasteiger partial charge in [-0.3, -0.25) is 13.9 Å². The molecular weight excluding hydrogens is 232 g/mol. The highest BCUT2D eigenvalue weighted by atomic mass is 16.5. The van der Waals surface area contributed by atoms with Crippen LogP contribution in [0.3, 0.4) is 0 Å². The quantitative estimate of drug-likeness (QED) is 0.799. The van der Waals surface area contributed by atoms with Crippen molar-refractivity contribution in [2.24, 2.45) is 14.1 Å². The summed E-state index contributed by atoms with van der Waals surface area (Å²) in [7, 11) is 2.99. The van der Waals surface area contributed by atoms with Crippen molar-refractivity contribution >= 4 is 0 Å². The average molecular weight is 246 g/mol. The van der Waals surface area contributed by atoms with Gasteiger partial charge in [-0.05, 0) is 24.6 Å². The van der Waals surface area contributed by atoms with Crippen LogP contribution in [-0.2, 0) is 14.1 Å². The summed E-state index contributed by atoms with van der Waals surface area (Å²) < 4.78 is 7.88. The van der Waals surface area contributed by atoms with Gasteiger partial charge >= 0.3 is 5.69 Å². The third kappa shape index (κ3) is 2.20. The highest BCUT2D eigenvalue weighted by Gasteiger charge is 2.07. The maximum absolute atomic E-state index is 11.7. The minimum absolute atomic E-state index is 0.230. The first-order chi connectivity index (χ1) is 8.49. The molecule has 0 atom stereocenters. The molecule has 1 aromatic heterocycles. The Morgan fingerprint density at radius 1 is 1.06 bits per heavy atom. The number of aryl methyl sites for hydroxylation is 1. The molecule has 0 saturated carbocycles. The number of aromatic nitrogens is 2. The van der Waals surface area contributed by atoms with E-state index in [2.05, 4.69) is 0 Å². The SMILES string of the molecule is Cc1cccc(Oc2cc(=O)n(C)c(=O)n2C)c1. The van der Waals surface area contributed by atoms with Crippen molar-refractivity contribution in [2.75, 3.05) is 0 Å². The fraction of sp³-hybridized carbons (Fsp3) is 0.231. The van der Waals surface area contributed by atoms with Crippen LogP contribution in [0.5, 0.6) is 11.6 Å². The van der Waals surface area contributed by atoms with Crippen molar-refractivity contribution in [3.63, 3.8) is 0 Å². The van der Waals surface area contributed by atoms with Gasteiger partial charge in [-0.1, -0.05) is 12.1 Å². The lowest BCUT2D eigenvalue weighted by molar-refractivity contribution is 0.423. The molecule has 0 fully saturated rings. The van der Waals surface area contributed by atoms with E-state index in [9.17, 15) is 9.59 Å². The second-order valence-corrected chi connectivity index (χ2v) is 4.14. The first kappa shape index (κ1) is 12.2. The number of rotatable bonds is 2. The molecule has 0 radical (unpaired) electrons. The normalized spacial score (nSPS) is 10.4. The smallest absolute Gasteiger partial charge is 0.333 e. The van der Waals surface area contributed by atoms with E-state index in [0.717, 1.165) is 10.1 Å². The van der Waals surface area contributed by atoms with Crippen LogP contribution in [0.15, 0.2) is 39.9 Å². The van der Waals surface area contributed by atoms with Crippen molar-refractivity contribution in [1.29, 1.82) is 0 Å². The molecule has 1 heterocycles. The van der Waals surface area contributed by atoms with Crippen molar-refractivity contribution in [3.8, 4) is 11.6 Å². The van der Waals surface area contributed by atoms with E-state index in [0.29, 0.717) is 5.75 Å². The molecule has 0 saturated heterocycles. The predicted molar refractivity (Wildman–Crippen MR) is 68.2 cm³/mol. The van der Waals surface area contributed by atoms with Crippen LogP contribution in [-0.4, -0.2) is 9.13 Å².